The lowest BCUT2D eigenvalue weighted by atomic mass is 11.8. The Morgan fingerprint density at radius 1 is 0.643 bits per heavy atom. The Labute approximate surface area is 93.1 Å². The van der Waals surface area contributed by atoms with Crippen molar-refractivity contribution in [1.29, 1.82) is 0 Å². The van der Waals surface area contributed by atoms with Crippen LogP contribution in [0, 0.1) is 0 Å². The maximum absolute atomic E-state index is 8.66. The molecule has 0 saturated heterocycles. The lowest BCUT2D eigenvalue weighted by Gasteiger charge is -2.27. The summed E-state index contributed by atoms with van der Waals surface area (Å²) < 4.78 is 5.90. The summed E-state index contributed by atoms with van der Waals surface area (Å²) in [7, 11) is -4.07. The predicted octanol–water partition coefficient (Wildman–Crippen LogP) is 3.49. The summed E-state index contributed by atoms with van der Waals surface area (Å²) in [6.45, 7) is 19.1. The molecule has 0 saturated carbocycles. The molecule has 0 heterocycles. The average molecular weight is 253 g/mol. The van der Waals surface area contributed by atoms with Crippen molar-refractivity contribution in [3.8, 4) is 0 Å². The van der Waals surface area contributed by atoms with Crippen molar-refractivity contribution in [2.24, 2.45) is 0 Å². The zero-order chi connectivity index (χ0) is 12.2. The van der Waals surface area contributed by atoms with Crippen molar-refractivity contribution in [3.63, 3.8) is 0 Å². The minimum Gasteiger partial charge on any atom is -0.456 e. The third kappa shape index (κ3) is 39.0. The summed E-state index contributed by atoms with van der Waals surface area (Å²) >= 11 is 0. The van der Waals surface area contributed by atoms with Gasteiger partial charge in [-0.1, -0.05) is 0 Å². The third-order valence-electron chi connectivity index (χ3n) is 0.612. The summed E-state index contributed by atoms with van der Waals surface area (Å²) in [6.07, 6.45) is 0. The van der Waals surface area contributed by atoms with E-state index >= 15 is 0 Å². The van der Waals surface area contributed by atoms with Gasteiger partial charge in [0.25, 0.3) is 0 Å². The van der Waals surface area contributed by atoms with Crippen LogP contribution in [-0.2, 0) is 4.12 Å². The first-order valence-electron chi connectivity index (χ1n) is 5.13. The molecule has 0 unspecified atom stereocenters. The molecule has 0 aromatic rings. The standard InChI is InChI=1S/C6H18OSi2.C3H10OSi/c1-8(2,3)7-9(4,5)6;1-5(2,3)4/h1-6H3;4H,1-3H3. The number of hydrogen-bond acceptors (Lipinski definition) is 2. The van der Waals surface area contributed by atoms with Gasteiger partial charge in [-0.25, -0.2) is 0 Å². The van der Waals surface area contributed by atoms with Crippen LogP contribution in [-0.4, -0.2) is 29.7 Å². The fourth-order valence-electron chi connectivity index (χ4n) is 0.919. The Morgan fingerprint density at radius 3 is 0.786 bits per heavy atom. The van der Waals surface area contributed by atoms with E-state index in [1.54, 1.807) is 0 Å². The molecular weight excluding hydrogens is 224 g/mol. The van der Waals surface area contributed by atoms with Gasteiger partial charge in [-0.3, -0.25) is 0 Å². The van der Waals surface area contributed by atoms with Crippen molar-refractivity contribution in [2.75, 3.05) is 0 Å². The summed E-state index contributed by atoms with van der Waals surface area (Å²) in [6, 6.07) is 0. The highest BCUT2D eigenvalue weighted by molar-refractivity contribution is 6.83. The molecule has 2 nitrogen and oxygen atoms in total. The molecule has 0 atom stereocenters. The molecule has 0 spiro atoms. The first kappa shape index (κ1) is 17.0. The van der Waals surface area contributed by atoms with Crippen LogP contribution in [0.25, 0.3) is 0 Å². The lowest BCUT2D eigenvalue weighted by Crippen LogP contribution is -2.39. The monoisotopic (exact) mass is 252 g/mol. The summed E-state index contributed by atoms with van der Waals surface area (Å²) in [5, 5.41) is 0. The fraction of sp³-hybridized carbons (Fsp3) is 1.00. The number of rotatable bonds is 2. The van der Waals surface area contributed by atoms with Crippen LogP contribution in [0.3, 0.4) is 0 Å². The zero-order valence-electron chi connectivity index (χ0n) is 11.4. The van der Waals surface area contributed by atoms with Crippen LogP contribution in [0.4, 0.5) is 0 Å². The van der Waals surface area contributed by atoms with Crippen molar-refractivity contribution in [3.05, 3.63) is 0 Å². The Kier molecular flexibility index (Phi) is 6.79. The van der Waals surface area contributed by atoms with E-state index < -0.39 is 25.0 Å². The van der Waals surface area contributed by atoms with Gasteiger partial charge in [-0.15, -0.1) is 0 Å². The molecule has 0 rings (SSSR count). The first-order valence-corrected chi connectivity index (χ1v) is 15.4. The Bertz CT molecular complexity index is 133. The molecule has 0 bridgehead atoms. The van der Waals surface area contributed by atoms with Crippen LogP contribution in [0.5, 0.6) is 0 Å². The highest BCUT2D eigenvalue weighted by atomic mass is 28.4. The maximum atomic E-state index is 8.66. The largest absolute Gasteiger partial charge is 0.456 e. The van der Waals surface area contributed by atoms with Gasteiger partial charge < -0.3 is 8.91 Å². The van der Waals surface area contributed by atoms with Crippen LogP contribution >= 0.6 is 0 Å². The molecule has 0 aliphatic rings. The molecule has 0 aliphatic carbocycles. The quantitative estimate of drug-likeness (QED) is 0.763. The van der Waals surface area contributed by atoms with Crippen molar-refractivity contribution in [2.45, 2.75) is 58.9 Å². The highest BCUT2D eigenvalue weighted by Crippen LogP contribution is 2.12. The van der Waals surface area contributed by atoms with E-state index in [0.717, 1.165) is 0 Å². The van der Waals surface area contributed by atoms with E-state index in [9.17, 15) is 0 Å². The Hall–Kier alpha value is 0.571. The first-order chi connectivity index (χ1) is 5.71. The van der Waals surface area contributed by atoms with Crippen LogP contribution in [0.2, 0.25) is 58.9 Å². The van der Waals surface area contributed by atoms with Gasteiger partial charge >= 0.3 is 0 Å². The van der Waals surface area contributed by atoms with Gasteiger partial charge in [0.2, 0.25) is 0 Å². The maximum Gasteiger partial charge on any atom is 0.179 e. The second-order valence-corrected chi connectivity index (χ2v) is 20.1. The van der Waals surface area contributed by atoms with E-state index in [0.29, 0.717) is 0 Å². The molecule has 0 aromatic carbocycles. The van der Waals surface area contributed by atoms with Gasteiger partial charge in [0.05, 0.1) is 0 Å². The highest BCUT2D eigenvalue weighted by Gasteiger charge is 2.24. The van der Waals surface area contributed by atoms with Gasteiger partial charge in [-0.2, -0.15) is 0 Å². The fourth-order valence-corrected chi connectivity index (χ4v) is 8.27. The third-order valence-corrected chi connectivity index (χ3v) is 5.51. The SMILES string of the molecule is C[Si](C)(C)O.C[Si](C)(C)O[Si](C)(C)C. The molecule has 14 heavy (non-hydrogen) atoms. The molecule has 88 valence electrons. The lowest BCUT2D eigenvalue weighted by molar-refractivity contribution is 0.558. The molecule has 0 aliphatic heterocycles. The summed E-state index contributed by atoms with van der Waals surface area (Å²) in [5.74, 6) is 0. The molecule has 1 N–H and O–H groups in total. The topological polar surface area (TPSA) is 29.5 Å². The van der Waals surface area contributed by atoms with Gasteiger partial charge in [0, 0.05) is 0 Å². The van der Waals surface area contributed by atoms with E-state index in [2.05, 4.69) is 39.3 Å². The van der Waals surface area contributed by atoms with Crippen LogP contribution in [0.15, 0.2) is 0 Å². The Balaban J connectivity index is 0. The molecular formula is C9H28O2Si3. The number of hydrogen-bond donors (Lipinski definition) is 1. The van der Waals surface area contributed by atoms with Crippen LogP contribution in [0.1, 0.15) is 0 Å². The van der Waals surface area contributed by atoms with Gasteiger partial charge in [-0.05, 0) is 58.9 Å². The molecule has 0 radical (unpaired) electrons. The van der Waals surface area contributed by atoms with E-state index in [1.807, 2.05) is 19.6 Å². The van der Waals surface area contributed by atoms with Crippen LogP contribution < -0.4 is 0 Å². The summed E-state index contributed by atoms with van der Waals surface area (Å²) in [5.41, 5.74) is 0. The second kappa shape index (κ2) is 5.60. The van der Waals surface area contributed by atoms with Gasteiger partial charge in [0.15, 0.2) is 25.0 Å². The average Bonchev–Trinajstić information content (AvgIpc) is 1.42. The molecule has 0 amide bonds. The molecule has 0 aromatic heterocycles. The summed E-state index contributed by atoms with van der Waals surface area (Å²) in [4.78, 5) is 8.66. The van der Waals surface area contributed by atoms with Crippen molar-refractivity contribution < 1.29 is 8.91 Å². The zero-order valence-corrected chi connectivity index (χ0v) is 14.4. The Morgan fingerprint density at radius 2 is 0.786 bits per heavy atom. The van der Waals surface area contributed by atoms with E-state index in [-0.39, 0.29) is 0 Å². The smallest absolute Gasteiger partial charge is 0.179 e. The predicted molar refractivity (Wildman–Crippen MR) is 73.3 cm³/mol. The minimum atomic E-state index is -1.61. The molecule has 0 fully saturated rings. The van der Waals surface area contributed by atoms with E-state index in [1.165, 1.54) is 0 Å². The normalized spacial score (nSPS) is 13.3. The van der Waals surface area contributed by atoms with E-state index in [4.69, 9.17) is 8.91 Å². The minimum absolute atomic E-state index is 1.23. The van der Waals surface area contributed by atoms with Crippen molar-refractivity contribution >= 4 is 25.0 Å². The molecule has 5 heteroatoms. The van der Waals surface area contributed by atoms with Crippen molar-refractivity contribution in [1.82, 2.24) is 0 Å². The van der Waals surface area contributed by atoms with Gasteiger partial charge in [0.1, 0.15) is 0 Å². The second-order valence-electron chi connectivity index (χ2n) is 6.50.